The van der Waals surface area contributed by atoms with Gasteiger partial charge in [-0.1, -0.05) is 18.2 Å². The fourth-order valence-corrected chi connectivity index (χ4v) is 3.98. The maximum absolute atomic E-state index is 13.4. The van der Waals surface area contributed by atoms with Gasteiger partial charge in [-0.15, -0.1) is 11.3 Å². The van der Waals surface area contributed by atoms with E-state index in [4.69, 9.17) is 4.74 Å². The average Bonchev–Trinajstić information content (AvgIpc) is 3.19. The Balaban J connectivity index is 1.54. The minimum Gasteiger partial charge on any atom is -0.452 e. The van der Waals surface area contributed by atoms with Crippen molar-refractivity contribution >= 4 is 34.3 Å². The van der Waals surface area contributed by atoms with Crippen LogP contribution < -0.4 is 5.32 Å². The van der Waals surface area contributed by atoms with E-state index in [0.29, 0.717) is 10.6 Å². The van der Waals surface area contributed by atoms with E-state index in [1.807, 2.05) is 0 Å². The highest BCUT2D eigenvalue weighted by Crippen LogP contribution is 2.38. The Morgan fingerprint density at radius 2 is 2.15 bits per heavy atom. The first-order valence-corrected chi connectivity index (χ1v) is 8.84. The highest BCUT2D eigenvalue weighted by Gasteiger charge is 2.23. The summed E-state index contributed by atoms with van der Waals surface area (Å²) in [5.41, 5.74) is 1.76. The van der Waals surface area contributed by atoms with Crippen molar-refractivity contribution in [2.24, 2.45) is 0 Å². The molecule has 0 spiro atoms. The Bertz CT molecular complexity index is 927. The Morgan fingerprint density at radius 1 is 1.35 bits per heavy atom. The summed E-state index contributed by atoms with van der Waals surface area (Å²) in [7, 11) is 0. The van der Waals surface area contributed by atoms with Gasteiger partial charge in [0.1, 0.15) is 16.9 Å². The predicted molar refractivity (Wildman–Crippen MR) is 96.1 cm³/mol. The highest BCUT2D eigenvalue weighted by molar-refractivity contribution is 7.16. The fraction of sp³-hybridized carbons (Fsp3) is 0.211. The molecule has 0 saturated heterocycles. The minimum atomic E-state index is -0.752. The number of nitrogens with one attached hydrogen (secondary N) is 1. The van der Waals surface area contributed by atoms with Gasteiger partial charge in [-0.25, -0.2) is 9.18 Å². The van der Waals surface area contributed by atoms with Gasteiger partial charge in [-0.2, -0.15) is 5.26 Å². The van der Waals surface area contributed by atoms with Gasteiger partial charge in [0.2, 0.25) is 0 Å². The van der Waals surface area contributed by atoms with E-state index in [0.717, 1.165) is 35.8 Å². The number of esters is 1. The lowest BCUT2D eigenvalue weighted by Crippen LogP contribution is -2.20. The van der Waals surface area contributed by atoms with E-state index in [9.17, 15) is 19.2 Å². The summed E-state index contributed by atoms with van der Waals surface area (Å²) in [6.07, 6.45) is 5.14. The van der Waals surface area contributed by atoms with E-state index >= 15 is 0 Å². The van der Waals surface area contributed by atoms with Crippen molar-refractivity contribution in [3.8, 4) is 6.07 Å². The summed E-state index contributed by atoms with van der Waals surface area (Å²) in [4.78, 5) is 24.8. The van der Waals surface area contributed by atoms with Crippen molar-refractivity contribution in [3.05, 3.63) is 57.7 Å². The molecule has 26 heavy (non-hydrogen) atoms. The van der Waals surface area contributed by atoms with Crippen molar-refractivity contribution in [1.82, 2.24) is 0 Å². The summed E-state index contributed by atoms with van der Waals surface area (Å²) in [5, 5.41) is 12.4. The van der Waals surface area contributed by atoms with Gasteiger partial charge in [-0.05, 0) is 37.0 Å². The fourth-order valence-electron chi connectivity index (χ4n) is 2.73. The third-order valence-corrected chi connectivity index (χ3v) is 5.14. The van der Waals surface area contributed by atoms with E-state index in [1.165, 1.54) is 29.5 Å². The second kappa shape index (κ2) is 7.93. The zero-order chi connectivity index (χ0) is 18.5. The molecule has 1 heterocycles. The molecule has 0 saturated carbocycles. The molecule has 2 aromatic rings. The SMILES string of the molecule is N#Cc1c(NC(=O)COC(=O)/C=C/c2ccccc2F)sc2c1CCC2. The van der Waals surface area contributed by atoms with Crippen LogP contribution in [0.4, 0.5) is 9.39 Å². The molecular formula is C19H15FN2O3S. The van der Waals surface area contributed by atoms with E-state index in [2.05, 4.69) is 11.4 Å². The minimum absolute atomic E-state index is 0.251. The van der Waals surface area contributed by atoms with E-state index in [-0.39, 0.29) is 5.56 Å². The summed E-state index contributed by atoms with van der Waals surface area (Å²) < 4.78 is 18.3. The average molecular weight is 370 g/mol. The van der Waals surface area contributed by atoms with Gasteiger partial charge in [-0.3, -0.25) is 4.79 Å². The summed E-state index contributed by atoms with van der Waals surface area (Å²) in [5.74, 6) is -1.73. The second-order valence-corrected chi connectivity index (χ2v) is 6.79. The van der Waals surface area contributed by atoms with Crippen molar-refractivity contribution in [1.29, 1.82) is 5.26 Å². The largest absolute Gasteiger partial charge is 0.452 e. The van der Waals surface area contributed by atoms with Crippen LogP contribution in [0.2, 0.25) is 0 Å². The van der Waals surface area contributed by atoms with Gasteiger partial charge in [0.05, 0.1) is 5.56 Å². The predicted octanol–water partition coefficient (Wildman–Crippen LogP) is 3.44. The molecule has 1 amide bonds. The lowest BCUT2D eigenvalue weighted by Gasteiger charge is -2.04. The molecule has 1 aromatic heterocycles. The number of thiophene rings is 1. The van der Waals surface area contributed by atoms with Gasteiger partial charge < -0.3 is 10.1 Å². The molecule has 0 bridgehead atoms. The number of hydrogen-bond donors (Lipinski definition) is 1. The number of nitrogens with zero attached hydrogens (tertiary/aromatic N) is 1. The topological polar surface area (TPSA) is 79.2 Å². The van der Waals surface area contributed by atoms with Gasteiger partial charge in [0, 0.05) is 16.5 Å². The molecule has 132 valence electrons. The number of rotatable bonds is 5. The van der Waals surface area contributed by atoms with Crippen LogP contribution >= 0.6 is 11.3 Å². The number of fused-ring (bicyclic) bond motifs is 1. The van der Waals surface area contributed by atoms with Crippen molar-refractivity contribution in [2.75, 3.05) is 11.9 Å². The molecule has 1 aliphatic carbocycles. The molecule has 0 radical (unpaired) electrons. The number of benzene rings is 1. The molecule has 7 heteroatoms. The van der Waals surface area contributed by atoms with Crippen LogP contribution in [0.5, 0.6) is 0 Å². The first-order chi connectivity index (χ1) is 12.6. The maximum atomic E-state index is 13.4. The first-order valence-electron chi connectivity index (χ1n) is 8.02. The number of halogens is 1. The summed E-state index contributed by atoms with van der Waals surface area (Å²) in [6, 6.07) is 8.12. The number of anilines is 1. The number of carbonyl (C=O) groups excluding carboxylic acids is 2. The Hall–Kier alpha value is -2.98. The molecular weight excluding hydrogens is 355 g/mol. The Morgan fingerprint density at radius 3 is 2.92 bits per heavy atom. The normalized spacial score (nSPS) is 12.6. The third kappa shape index (κ3) is 3.98. The highest BCUT2D eigenvalue weighted by atomic mass is 32.1. The van der Waals surface area contributed by atoms with Crippen LogP contribution in [0.15, 0.2) is 30.3 Å². The van der Waals surface area contributed by atoms with Crippen molar-refractivity contribution in [2.45, 2.75) is 19.3 Å². The molecule has 1 aliphatic rings. The molecule has 0 unspecified atom stereocenters. The molecule has 0 atom stereocenters. The molecule has 3 rings (SSSR count). The second-order valence-electron chi connectivity index (χ2n) is 5.68. The maximum Gasteiger partial charge on any atom is 0.331 e. The van der Waals surface area contributed by atoms with Crippen LogP contribution in [0.25, 0.3) is 6.08 Å². The smallest absolute Gasteiger partial charge is 0.331 e. The van der Waals surface area contributed by atoms with Gasteiger partial charge >= 0.3 is 5.97 Å². The van der Waals surface area contributed by atoms with Gasteiger partial charge in [0.25, 0.3) is 5.91 Å². The monoisotopic (exact) mass is 370 g/mol. The Labute approximate surface area is 153 Å². The zero-order valence-corrected chi connectivity index (χ0v) is 14.6. The van der Waals surface area contributed by atoms with Crippen LogP contribution in [-0.4, -0.2) is 18.5 Å². The number of aryl methyl sites for hydroxylation is 1. The van der Waals surface area contributed by atoms with E-state index in [1.54, 1.807) is 12.1 Å². The number of nitriles is 1. The lowest BCUT2D eigenvalue weighted by atomic mass is 10.1. The molecule has 0 aliphatic heterocycles. The van der Waals surface area contributed by atoms with Crippen LogP contribution in [-0.2, 0) is 27.2 Å². The standard InChI is InChI=1S/C19H15FN2O3S/c20-15-6-2-1-4-12(15)8-9-18(24)25-11-17(23)22-19-14(10-21)13-5-3-7-16(13)26-19/h1-2,4,6,8-9H,3,5,7,11H2,(H,22,23)/b9-8+. The molecule has 1 N–H and O–H groups in total. The van der Waals surface area contributed by atoms with Gasteiger partial charge in [0.15, 0.2) is 6.61 Å². The first kappa shape index (κ1) is 17.8. The van der Waals surface area contributed by atoms with Crippen molar-refractivity contribution < 1.29 is 18.7 Å². The lowest BCUT2D eigenvalue weighted by molar-refractivity contribution is -0.142. The summed E-state index contributed by atoms with van der Waals surface area (Å²) in [6.45, 7) is -0.478. The number of carbonyl (C=O) groups is 2. The van der Waals surface area contributed by atoms with Crippen LogP contribution in [0.3, 0.4) is 0 Å². The Kier molecular flexibility index (Phi) is 5.44. The number of ether oxygens (including phenoxy) is 1. The van der Waals surface area contributed by atoms with Crippen molar-refractivity contribution in [3.63, 3.8) is 0 Å². The summed E-state index contributed by atoms with van der Waals surface area (Å²) >= 11 is 1.39. The van der Waals surface area contributed by atoms with Crippen LogP contribution in [0, 0.1) is 17.1 Å². The molecule has 1 aromatic carbocycles. The number of hydrogen-bond acceptors (Lipinski definition) is 5. The van der Waals surface area contributed by atoms with Crippen LogP contribution in [0.1, 0.15) is 28.0 Å². The third-order valence-electron chi connectivity index (χ3n) is 3.94. The van der Waals surface area contributed by atoms with E-state index < -0.39 is 24.3 Å². The molecule has 5 nitrogen and oxygen atoms in total. The zero-order valence-electron chi connectivity index (χ0n) is 13.8. The molecule has 0 fully saturated rings. The number of amides is 1. The quantitative estimate of drug-likeness (QED) is 0.646.